The van der Waals surface area contributed by atoms with Crippen LogP contribution in [0.1, 0.15) is 22.8 Å². The van der Waals surface area contributed by atoms with Gasteiger partial charge in [-0.05, 0) is 43.2 Å². The summed E-state index contributed by atoms with van der Waals surface area (Å²) >= 11 is 0. The minimum absolute atomic E-state index is 0.235. The van der Waals surface area contributed by atoms with Crippen LogP contribution in [0.2, 0.25) is 0 Å². The van der Waals surface area contributed by atoms with E-state index in [4.69, 9.17) is 4.74 Å². The molecule has 0 bridgehead atoms. The molecule has 2 amide bonds. The molecular formula is C19H22N4O3. The van der Waals surface area contributed by atoms with E-state index in [-0.39, 0.29) is 11.8 Å². The number of aromatic nitrogens is 1. The zero-order valence-electron chi connectivity index (χ0n) is 14.8. The standard InChI is InChI=1S/C19H22N4O3/c1-14(22-23-19(25)16-8-10-20-11-9-16)13-18(24)21-12-7-15-3-5-17(26-2)6-4-15/h3-6,8-11,13,22H,7,12H2,1-2H3,(H,21,24)(H,23,25)/b14-13-. The van der Waals surface area contributed by atoms with Crippen molar-refractivity contribution in [2.24, 2.45) is 0 Å². The first kappa shape index (κ1) is 19.0. The number of carbonyl (C=O) groups is 2. The summed E-state index contributed by atoms with van der Waals surface area (Å²) in [5.41, 5.74) is 7.32. The number of allylic oxidation sites excluding steroid dienone is 1. The Hall–Kier alpha value is -3.35. The van der Waals surface area contributed by atoms with Crippen LogP contribution in [0.3, 0.4) is 0 Å². The second-order valence-electron chi connectivity index (χ2n) is 5.53. The fraction of sp³-hybridized carbons (Fsp3) is 0.211. The number of hydrogen-bond donors (Lipinski definition) is 3. The van der Waals surface area contributed by atoms with Crippen LogP contribution in [-0.2, 0) is 11.2 Å². The summed E-state index contributed by atoms with van der Waals surface area (Å²) in [5.74, 6) is 0.262. The van der Waals surface area contributed by atoms with Crippen molar-refractivity contribution in [2.45, 2.75) is 13.3 Å². The van der Waals surface area contributed by atoms with Gasteiger partial charge in [-0.25, -0.2) is 0 Å². The average Bonchev–Trinajstić information content (AvgIpc) is 2.67. The molecule has 1 aromatic carbocycles. The molecule has 0 unspecified atom stereocenters. The molecule has 7 heteroatoms. The highest BCUT2D eigenvalue weighted by Gasteiger charge is 2.04. The third-order valence-corrected chi connectivity index (χ3v) is 3.54. The molecule has 0 spiro atoms. The Labute approximate surface area is 152 Å². The Balaban J connectivity index is 1.72. The topological polar surface area (TPSA) is 92.4 Å². The van der Waals surface area contributed by atoms with Crippen molar-refractivity contribution in [3.05, 3.63) is 71.7 Å². The molecule has 0 saturated heterocycles. The molecule has 2 rings (SSSR count). The maximum Gasteiger partial charge on any atom is 0.269 e. The van der Waals surface area contributed by atoms with Crippen LogP contribution in [0.5, 0.6) is 5.75 Å². The van der Waals surface area contributed by atoms with Crippen molar-refractivity contribution in [3.63, 3.8) is 0 Å². The highest BCUT2D eigenvalue weighted by Crippen LogP contribution is 2.11. The smallest absolute Gasteiger partial charge is 0.269 e. The molecular weight excluding hydrogens is 332 g/mol. The molecule has 7 nitrogen and oxygen atoms in total. The van der Waals surface area contributed by atoms with Crippen molar-refractivity contribution in [3.8, 4) is 5.75 Å². The Bertz CT molecular complexity index is 758. The van der Waals surface area contributed by atoms with E-state index < -0.39 is 0 Å². The van der Waals surface area contributed by atoms with Crippen LogP contribution >= 0.6 is 0 Å². The molecule has 136 valence electrons. The lowest BCUT2D eigenvalue weighted by molar-refractivity contribution is -0.116. The molecule has 1 heterocycles. The summed E-state index contributed by atoms with van der Waals surface area (Å²) in [6, 6.07) is 10.9. The molecule has 0 radical (unpaired) electrons. The number of methoxy groups -OCH3 is 1. The summed E-state index contributed by atoms with van der Waals surface area (Å²) in [6.07, 6.45) is 5.18. The van der Waals surface area contributed by atoms with E-state index in [1.807, 2.05) is 24.3 Å². The molecule has 0 saturated carbocycles. The lowest BCUT2D eigenvalue weighted by atomic mass is 10.1. The van der Waals surface area contributed by atoms with E-state index in [1.54, 1.807) is 26.2 Å². The van der Waals surface area contributed by atoms with Crippen molar-refractivity contribution < 1.29 is 14.3 Å². The van der Waals surface area contributed by atoms with Crippen LogP contribution in [0.25, 0.3) is 0 Å². The molecule has 0 aliphatic rings. The normalized spacial score (nSPS) is 10.8. The lowest BCUT2D eigenvalue weighted by Gasteiger charge is -2.09. The van der Waals surface area contributed by atoms with Gasteiger partial charge >= 0.3 is 0 Å². The fourth-order valence-electron chi connectivity index (χ4n) is 2.14. The van der Waals surface area contributed by atoms with Gasteiger partial charge in [0.1, 0.15) is 5.75 Å². The summed E-state index contributed by atoms with van der Waals surface area (Å²) in [5, 5.41) is 2.80. The number of carbonyl (C=O) groups excluding carboxylic acids is 2. The van der Waals surface area contributed by atoms with E-state index in [0.717, 1.165) is 17.7 Å². The third kappa shape index (κ3) is 6.27. The van der Waals surface area contributed by atoms with Crippen LogP contribution in [-0.4, -0.2) is 30.5 Å². The monoisotopic (exact) mass is 354 g/mol. The predicted octanol–water partition coefficient (Wildman–Crippen LogP) is 1.59. The van der Waals surface area contributed by atoms with E-state index >= 15 is 0 Å². The molecule has 2 aromatic rings. The largest absolute Gasteiger partial charge is 0.497 e. The molecule has 3 N–H and O–H groups in total. The first-order valence-electron chi connectivity index (χ1n) is 8.14. The second-order valence-corrected chi connectivity index (χ2v) is 5.53. The number of ether oxygens (including phenoxy) is 1. The Kier molecular flexibility index (Phi) is 7.17. The zero-order chi connectivity index (χ0) is 18.8. The minimum Gasteiger partial charge on any atom is -0.497 e. The number of nitrogens with one attached hydrogen (secondary N) is 3. The summed E-state index contributed by atoms with van der Waals surface area (Å²) in [6.45, 7) is 2.20. The van der Waals surface area contributed by atoms with Gasteiger partial charge in [0.15, 0.2) is 0 Å². The molecule has 1 aromatic heterocycles. The van der Waals surface area contributed by atoms with E-state index in [0.29, 0.717) is 17.8 Å². The van der Waals surface area contributed by atoms with E-state index in [2.05, 4.69) is 21.2 Å². The quantitative estimate of drug-likeness (QED) is 0.494. The number of nitrogens with zero attached hydrogens (tertiary/aromatic N) is 1. The van der Waals surface area contributed by atoms with Gasteiger partial charge in [0, 0.05) is 36.3 Å². The predicted molar refractivity (Wildman–Crippen MR) is 98.3 cm³/mol. The lowest BCUT2D eigenvalue weighted by Crippen LogP contribution is -2.36. The summed E-state index contributed by atoms with van der Waals surface area (Å²) < 4.78 is 5.11. The highest BCUT2D eigenvalue weighted by atomic mass is 16.5. The average molecular weight is 354 g/mol. The third-order valence-electron chi connectivity index (χ3n) is 3.54. The van der Waals surface area contributed by atoms with Gasteiger partial charge in [-0.3, -0.25) is 20.0 Å². The first-order chi connectivity index (χ1) is 12.6. The van der Waals surface area contributed by atoms with Crippen LogP contribution in [0.4, 0.5) is 0 Å². The number of benzene rings is 1. The molecule has 0 fully saturated rings. The van der Waals surface area contributed by atoms with Gasteiger partial charge in [0.25, 0.3) is 5.91 Å². The van der Waals surface area contributed by atoms with Gasteiger partial charge in [-0.1, -0.05) is 12.1 Å². The minimum atomic E-state index is -0.305. The van der Waals surface area contributed by atoms with Crippen molar-refractivity contribution in [2.75, 3.05) is 13.7 Å². The summed E-state index contributed by atoms with van der Waals surface area (Å²) in [4.78, 5) is 27.6. The van der Waals surface area contributed by atoms with Gasteiger partial charge in [-0.15, -0.1) is 0 Å². The van der Waals surface area contributed by atoms with E-state index in [9.17, 15) is 9.59 Å². The van der Waals surface area contributed by atoms with Crippen molar-refractivity contribution in [1.29, 1.82) is 0 Å². The molecule has 0 atom stereocenters. The molecule has 0 aliphatic carbocycles. The first-order valence-corrected chi connectivity index (χ1v) is 8.14. The van der Waals surface area contributed by atoms with Crippen LogP contribution < -0.4 is 20.9 Å². The van der Waals surface area contributed by atoms with Crippen molar-refractivity contribution >= 4 is 11.8 Å². The van der Waals surface area contributed by atoms with Crippen molar-refractivity contribution in [1.82, 2.24) is 21.2 Å². The number of hydrazine groups is 1. The maximum absolute atomic E-state index is 11.9. The van der Waals surface area contributed by atoms with Gasteiger partial charge in [0.2, 0.25) is 5.91 Å². The van der Waals surface area contributed by atoms with Gasteiger partial charge in [-0.2, -0.15) is 0 Å². The Morgan fingerprint density at radius 2 is 1.77 bits per heavy atom. The zero-order valence-corrected chi connectivity index (χ0v) is 14.8. The number of pyridine rings is 1. The fourth-order valence-corrected chi connectivity index (χ4v) is 2.14. The number of amides is 2. The number of rotatable bonds is 8. The Morgan fingerprint density at radius 3 is 2.42 bits per heavy atom. The van der Waals surface area contributed by atoms with Gasteiger partial charge < -0.3 is 15.5 Å². The molecule has 26 heavy (non-hydrogen) atoms. The van der Waals surface area contributed by atoms with Gasteiger partial charge in [0.05, 0.1) is 7.11 Å². The van der Waals surface area contributed by atoms with E-state index in [1.165, 1.54) is 18.5 Å². The van der Waals surface area contributed by atoms with Crippen LogP contribution in [0, 0.1) is 0 Å². The molecule has 0 aliphatic heterocycles. The van der Waals surface area contributed by atoms with Crippen LogP contribution in [0.15, 0.2) is 60.6 Å². The highest BCUT2D eigenvalue weighted by molar-refractivity contribution is 5.93. The SMILES string of the molecule is COc1ccc(CCNC(=O)/C=C(/C)NNC(=O)c2ccncc2)cc1. The number of hydrogen-bond acceptors (Lipinski definition) is 5. The maximum atomic E-state index is 11.9. The summed E-state index contributed by atoms with van der Waals surface area (Å²) in [7, 11) is 1.62. The second kappa shape index (κ2) is 9.83. The Morgan fingerprint density at radius 1 is 1.08 bits per heavy atom.